The minimum absolute atomic E-state index is 0.161. The molecule has 0 spiro atoms. The van der Waals surface area contributed by atoms with Crippen LogP contribution in [-0.2, 0) is 10.2 Å². The molecule has 1 aliphatic rings. The third kappa shape index (κ3) is 3.57. The number of rotatable bonds is 3. The molecule has 5 N–H and O–H groups in total. The van der Waals surface area contributed by atoms with Crippen LogP contribution in [0.15, 0.2) is 29.6 Å². The maximum Gasteiger partial charge on any atom is 0.232 e. The zero-order valence-corrected chi connectivity index (χ0v) is 18.5. The Morgan fingerprint density at radius 3 is 2.74 bits per heavy atom. The van der Waals surface area contributed by atoms with Crippen LogP contribution in [0.5, 0.6) is 0 Å². The number of amidine groups is 1. The van der Waals surface area contributed by atoms with Crippen LogP contribution in [0.2, 0.25) is 5.02 Å². The number of hydrogen-bond acceptors (Lipinski definition) is 7. The lowest BCUT2D eigenvalue weighted by atomic mass is 9.88. The number of fused-ring (bicyclic) bond motifs is 3. The topological polar surface area (TPSA) is 140 Å². The van der Waals surface area contributed by atoms with Gasteiger partial charge in [0, 0.05) is 30.3 Å². The summed E-state index contributed by atoms with van der Waals surface area (Å²) in [6, 6.07) is 3.52. The van der Waals surface area contributed by atoms with E-state index in [4.69, 9.17) is 23.3 Å². The molecule has 1 unspecified atom stereocenters. The van der Waals surface area contributed by atoms with E-state index in [1.54, 1.807) is 19.3 Å². The number of carbonyl (C=O) groups is 1. The Balaban J connectivity index is 1.64. The van der Waals surface area contributed by atoms with E-state index in [2.05, 4.69) is 39.3 Å². The van der Waals surface area contributed by atoms with E-state index < -0.39 is 0 Å². The number of carbonyl (C=O) groups excluding carboxylic acids is 1. The number of hydrogen-bond donors (Lipinski definition) is 3. The smallest absolute Gasteiger partial charge is 0.232 e. The van der Waals surface area contributed by atoms with Crippen molar-refractivity contribution in [3.05, 3.63) is 52.2 Å². The molecule has 0 saturated heterocycles. The number of nitrogens with one attached hydrogen (secondary N) is 1. The molecular weight excluding hydrogens is 418 g/mol. The largest absolute Gasteiger partial charge is 0.324 e. The van der Waals surface area contributed by atoms with E-state index in [9.17, 15) is 4.79 Å². The van der Waals surface area contributed by atoms with Crippen molar-refractivity contribution in [2.24, 2.45) is 16.8 Å². The van der Waals surface area contributed by atoms with E-state index in [-0.39, 0.29) is 28.1 Å². The first-order chi connectivity index (χ1) is 14.6. The van der Waals surface area contributed by atoms with Crippen LogP contribution in [0.1, 0.15) is 48.8 Å². The number of hydrazone groups is 1. The van der Waals surface area contributed by atoms with E-state index in [0.29, 0.717) is 17.8 Å². The van der Waals surface area contributed by atoms with E-state index >= 15 is 0 Å². The van der Waals surface area contributed by atoms with Gasteiger partial charge in [-0.1, -0.05) is 25.4 Å². The fraction of sp³-hybridized carbons (Fsp3) is 0.350. The molecule has 0 bridgehead atoms. The van der Waals surface area contributed by atoms with Gasteiger partial charge in [-0.05, 0) is 19.4 Å². The molecule has 31 heavy (non-hydrogen) atoms. The molecule has 1 atom stereocenters. The number of aryl methyl sites for hydroxylation is 1. The Labute approximate surface area is 184 Å². The summed E-state index contributed by atoms with van der Waals surface area (Å²) in [5.74, 6) is 10.8. The van der Waals surface area contributed by atoms with Gasteiger partial charge in [-0.25, -0.2) is 20.3 Å². The molecule has 162 valence electrons. The molecular formula is C20H24ClN9O. The molecule has 0 radical (unpaired) electrons. The van der Waals surface area contributed by atoms with Crippen LogP contribution in [0.4, 0.5) is 5.69 Å². The molecule has 10 nitrogen and oxygen atoms in total. The zero-order chi connectivity index (χ0) is 22.5. The number of nitrogens with zero attached hydrogens (tertiary/aromatic N) is 6. The molecule has 1 aliphatic carbocycles. The van der Waals surface area contributed by atoms with Gasteiger partial charge in [0.25, 0.3) is 0 Å². The summed E-state index contributed by atoms with van der Waals surface area (Å²) in [4.78, 5) is 21.9. The normalized spacial score (nSPS) is 17.6. The van der Waals surface area contributed by atoms with E-state index in [1.165, 1.54) is 11.2 Å². The number of amides is 1. The highest BCUT2D eigenvalue weighted by molar-refractivity contribution is 6.34. The number of halogens is 1. The molecule has 3 aromatic rings. The predicted molar refractivity (Wildman–Crippen MR) is 119 cm³/mol. The van der Waals surface area contributed by atoms with Crippen molar-refractivity contribution in [2.75, 3.05) is 12.4 Å². The number of nitrogens with two attached hydrogens (primary N) is 2. The lowest BCUT2D eigenvalue weighted by Crippen LogP contribution is -2.35. The number of hydrazine groups is 1. The second-order valence-corrected chi connectivity index (χ2v) is 8.77. The first-order valence-corrected chi connectivity index (χ1v) is 10.1. The fourth-order valence-corrected chi connectivity index (χ4v) is 4.42. The van der Waals surface area contributed by atoms with Gasteiger partial charge < -0.3 is 11.2 Å². The van der Waals surface area contributed by atoms with Crippen molar-refractivity contribution in [1.29, 1.82) is 0 Å². The first kappa shape index (κ1) is 21.0. The third-order valence-corrected chi connectivity index (χ3v) is 5.75. The summed E-state index contributed by atoms with van der Waals surface area (Å²) in [6.07, 6.45) is 3.91. The second-order valence-electron chi connectivity index (χ2n) is 8.37. The van der Waals surface area contributed by atoms with Gasteiger partial charge in [0.2, 0.25) is 5.91 Å². The summed E-state index contributed by atoms with van der Waals surface area (Å²) in [7, 11) is 1.57. The minimum Gasteiger partial charge on any atom is -0.324 e. The number of aromatic nitrogens is 4. The van der Waals surface area contributed by atoms with Crippen molar-refractivity contribution < 1.29 is 4.79 Å². The Hall–Kier alpha value is -3.24. The van der Waals surface area contributed by atoms with Gasteiger partial charge >= 0.3 is 0 Å². The first-order valence-electron chi connectivity index (χ1n) is 9.71. The molecule has 3 heterocycles. The summed E-state index contributed by atoms with van der Waals surface area (Å²) >= 11 is 6.33. The Bertz CT molecular complexity index is 1210. The summed E-state index contributed by atoms with van der Waals surface area (Å²) in [6.45, 7) is 6.15. The van der Waals surface area contributed by atoms with Crippen LogP contribution >= 0.6 is 11.6 Å². The highest BCUT2D eigenvalue weighted by Crippen LogP contribution is 2.45. The monoisotopic (exact) mass is 441 g/mol. The van der Waals surface area contributed by atoms with Crippen molar-refractivity contribution in [3.63, 3.8) is 0 Å². The lowest BCUT2D eigenvalue weighted by molar-refractivity contribution is -0.117. The van der Waals surface area contributed by atoms with Gasteiger partial charge in [-0.2, -0.15) is 10.2 Å². The fourth-order valence-electron chi connectivity index (χ4n) is 4.16. The average molecular weight is 442 g/mol. The molecule has 1 amide bonds. The van der Waals surface area contributed by atoms with Gasteiger partial charge in [0.05, 0.1) is 34.2 Å². The Morgan fingerprint density at radius 1 is 1.35 bits per heavy atom. The lowest BCUT2D eigenvalue weighted by Gasteiger charge is -2.19. The number of anilines is 1. The van der Waals surface area contributed by atoms with Crippen molar-refractivity contribution in [2.45, 2.75) is 38.5 Å². The molecule has 3 aromatic heterocycles. The highest BCUT2D eigenvalue weighted by atomic mass is 35.5. The molecule has 0 aromatic carbocycles. The van der Waals surface area contributed by atoms with E-state index in [0.717, 1.165) is 22.6 Å². The molecule has 0 saturated carbocycles. The maximum atomic E-state index is 13.2. The van der Waals surface area contributed by atoms with Crippen LogP contribution in [0.3, 0.4) is 0 Å². The quantitative estimate of drug-likeness (QED) is 0.244. The predicted octanol–water partition coefficient (Wildman–Crippen LogP) is 1.92. The van der Waals surface area contributed by atoms with Crippen LogP contribution < -0.4 is 17.0 Å². The van der Waals surface area contributed by atoms with Crippen molar-refractivity contribution in [1.82, 2.24) is 24.6 Å². The van der Waals surface area contributed by atoms with Gasteiger partial charge in [0.1, 0.15) is 5.69 Å². The van der Waals surface area contributed by atoms with Gasteiger partial charge in [-0.3, -0.25) is 9.80 Å². The van der Waals surface area contributed by atoms with Crippen LogP contribution in [0.25, 0.3) is 5.65 Å². The van der Waals surface area contributed by atoms with Crippen molar-refractivity contribution in [3.8, 4) is 0 Å². The summed E-state index contributed by atoms with van der Waals surface area (Å²) in [5, 5.41) is 12.6. The summed E-state index contributed by atoms with van der Waals surface area (Å²) < 4.78 is 1.85. The standard InChI is InChI=1S/C20H24ClN9O/c1-10-5-15-24-9-13-12(7-20(2,3)17(13)30(15)28-10)19(31)26-11-6-14(21)16(25-8-11)18(27-22)29(4)23/h5-6,8-9,12H,7,22-23H2,1-4H3,(H,26,31)/b27-18-. The third-order valence-electron chi connectivity index (χ3n) is 5.46. The Kier molecular flexibility index (Phi) is 5.06. The molecule has 4 rings (SSSR count). The van der Waals surface area contributed by atoms with Crippen molar-refractivity contribution >= 4 is 34.7 Å². The van der Waals surface area contributed by atoms with Gasteiger partial charge in [-0.15, -0.1) is 0 Å². The Morgan fingerprint density at radius 2 is 2.10 bits per heavy atom. The average Bonchev–Trinajstić information content (AvgIpc) is 3.19. The summed E-state index contributed by atoms with van der Waals surface area (Å²) in [5.41, 5.74) is 4.08. The SMILES string of the molecule is Cc1cc2ncc3c(n2n1)C(C)(C)CC3C(=O)Nc1cnc(/C(=N/N)N(C)N)c(Cl)c1. The maximum absolute atomic E-state index is 13.2. The molecule has 11 heteroatoms. The van der Waals surface area contributed by atoms with E-state index in [1.807, 2.05) is 17.5 Å². The minimum atomic E-state index is -0.374. The number of pyridine rings is 1. The second kappa shape index (κ2) is 7.47. The van der Waals surface area contributed by atoms with Crippen LogP contribution in [-0.4, -0.2) is 43.4 Å². The zero-order valence-electron chi connectivity index (χ0n) is 17.7. The van der Waals surface area contributed by atoms with Crippen LogP contribution in [0, 0.1) is 6.92 Å². The van der Waals surface area contributed by atoms with Gasteiger partial charge in [0.15, 0.2) is 11.5 Å². The molecule has 0 aliphatic heterocycles. The highest BCUT2D eigenvalue weighted by Gasteiger charge is 2.43. The molecule has 0 fully saturated rings.